The van der Waals surface area contributed by atoms with Crippen LogP contribution < -0.4 is 20.1 Å². The molecule has 2 heterocycles. The minimum atomic E-state index is -4.05. The van der Waals surface area contributed by atoms with Crippen molar-refractivity contribution in [3.63, 3.8) is 0 Å². The maximum absolute atomic E-state index is 16.2. The fourth-order valence-corrected chi connectivity index (χ4v) is 13.1. The molecule has 6 aromatic rings. The standard InChI is InChI=1S/C44H36F6N4O8S4/c45-27-13-19-35(33(47)21-27)61-43(39(55)53-41-51-23-37(49)63-41,25-9-15-31(16-10-25)65(57,58)29-5-1-2-6-29)44(40(56)54-42-52-24-38(50)64-42,62-36-20-14-28(46)22-34(36)48)26-11-17-32(18-12-26)66(59,60)30-7-3-4-8-30/h9-24,29-30H,1-8H2,(H,51,53,55)(H,52,54,56). The van der Waals surface area contributed by atoms with Crippen LogP contribution in [0.25, 0.3) is 0 Å². The number of carbonyl (C=O) groups is 2. The highest BCUT2D eigenvalue weighted by atomic mass is 32.2. The van der Waals surface area contributed by atoms with E-state index in [0.29, 0.717) is 63.5 Å². The van der Waals surface area contributed by atoms with Crippen LogP contribution in [0.1, 0.15) is 62.5 Å². The first-order chi connectivity index (χ1) is 31.4. The molecule has 2 amide bonds. The van der Waals surface area contributed by atoms with Crippen molar-refractivity contribution < 1.29 is 62.2 Å². The summed E-state index contributed by atoms with van der Waals surface area (Å²) in [5.41, 5.74) is -8.07. The molecule has 66 heavy (non-hydrogen) atoms. The number of nitrogens with one attached hydrogen (secondary N) is 2. The van der Waals surface area contributed by atoms with Gasteiger partial charge >= 0.3 is 0 Å². The molecule has 2 fully saturated rings. The Morgan fingerprint density at radius 3 is 1.20 bits per heavy atom. The topological polar surface area (TPSA) is 171 Å². The van der Waals surface area contributed by atoms with E-state index in [1.807, 2.05) is 0 Å². The second-order valence-corrected chi connectivity index (χ2v) is 21.9. The lowest BCUT2D eigenvalue weighted by atomic mass is 9.71. The highest BCUT2D eigenvalue weighted by Gasteiger charge is 2.69. The van der Waals surface area contributed by atoms with Gasteiger partial charge in [0.2, 0.25) is 0 Å². The van der Waals surface area contributed by atoms with Crippen molar-refractivity contribution in [3.05, 3.63) is 142 Å². The third kappa shape index (κ3) is 8.77. The van der Waals surface area contributed by atoms with Gasteiger partial charge in [-0.3, -0.25) is 20.2 Å². The van der Waals surface area contributed by atoms with E-state index in [9.17, 15) is 34.4 Å². The number of hydrogen-bond donors (Lipinski definition) is 2. The normalized spacial score (nSPS) is 16.6. The molecular weight excluding hydrogens is 955 g/mol. The fourth-order valence-electron chi connectivity index (χ4n) is 8.32. The molecule has 0 saturated heterocycles. The van der Waals surface area contributed by atoms with E-state index in [1.54, 1.807) is 0 Å². The van der Waals surface area contributed by atoms with E-state index < -0.39 is 120 Å². The van der Waals surface area contributed by atoms with Gasteiger partial charge in [0.25, 0.3) is 23.0 Å². The molecule has 0 radical (unpaired) electrons. The van der Waals surface area contributed by atoms with Crippen LogP contribution in [-0.2, 0) is 40.5 Å². The van der Waals surface area contributed by atoms with E-state index in [2.05, 4.69) is 20.6 Å². The molecule has 0 spiro atoms. The number of carbonyl (C=O) groups excluding carboxylic acids is 2. The molecule has 2 unspecified atom stereocenters. The molecule has 0 aliphatic heterocycles. The average Bonchev–Trinajstić information content (AvgIpc) is 4.14. The predicted molar refractivity (Wildman–Crippen MR) is 230 cm³/mol. The number of halogens is 6. The molecule has 4 aromatic carbocycles. The van der Waals surface area contributed by atoms with Crippen LogP contribution in [0.4, 0.5) is 36.6 Å². The quantitative estimate of drug-likeness (QED) is 0.0945. The van der Waals surface area contributed by atoms with Crippen molar-refractivity contribution in [2.24, 2.45) is 0 Å². The number of amides is 2. The van der Waals surface area contributed by atoms with Crippen molar-refractivity contribution in [1.29, 1.82) is 0 Å². The molecule has 2 aromatic heterocycles. The molecule has 2 N–H and O–H groups in total. The Labute approximate surface area is 381 Å². The lowest BCUT2D eigenvalue weighted by molar-refractivity contribution is -0.173. The summed E-state index contributed by atoms with van der Waals surface area (Å²) in [6.07, 6.45) is 5.37. The maximum Gasteiger partial charge on any atom is 0.280 e. The summed E-state index contributed by atoms with van der Waals surface area (Å²) in [5.74, 6) is -10.4. The molecule has 8 rings (SSSR count). The van der Waals surface area contributed by atoms with Gasteiger partial charge in [-0.05, 0) is 74.2 Å². The summed E-state index contributed by atoms with van der Waals surface area (Å²) >= 11 is 0.551. The summed E-state index contributed by atoms with van der Waals surface area (Å²) in [6, 6.07) is 11.9. The first kappa shape index (κ1) is 46.7. The van der Waals surface area contributed by atoms with Crippen LogP contribution in [0.3, 0.4) is 0 Å². The Hall–Kier alpha value is -5.84. The van der Waals surface area contributed by atoms with Crippen molar-refractivity contribution in [1.82, 2.24) is 9.97 Å². The second kappa shape index (κ2) is 18.4. The lowest BCUT2D eigenvalue weighted by Gasteiger charge is -2.47. The molecule has 0 bridgehead atoms. The Morgan fingerprint density at radius 2 is 0.894 bits per heavy atom. The largest absolute Gasteiger partial charge is 0.464 e. The zero-order valence-electron chi connectivity index (χ0n) is 34.1. The van der Waals surface area contributed by atoms with Crippen LogP contribution in [0.5, 0.6) is 11.5 Å². The number of anilines is 2. The summed E-state index contributed by atoms with van der Waals surface area (Å²) in [4.78, 5) is 38.6. The molecule has 2 atom stereocenters. The van der Waals surface area contributed by atoms with Crippen molar-refractivity contribution in [2.75, 3.05) is 10.6 Å². The highest BCUT2D eigenvalue weighted by Crippen LogP contribution is 2.51. The predicted octanol–water partition coefficient (Wildman–Crippen LogP) is 9.39. The summed E-state index contributed by atoms with van der Waals surface area (Å²) < 4.78 is 159. The number of hydrogen-bond acceptors (Lipinski definition) is 12. The van der Waals surface area contributed by atoms with Gasteiger partial charge in [0.1, 0.15) is 11.6 Å². The molecule has 22 heteroatoms. The smallest absolute Gasteiger partial charge is 0.280 e. The van der Waals surface area contributed by atoms with E-state index >= 15 is 18.4 Å². The van der Waals surface area contributed by atoms with Gasteiger partial charge in [0, 0.05) is 23.3 Å². The third-order valence-corrected chi connectivity index (χ3v) is 17.5. The molecule has 346 valence electrons. The van der Waals surface area contributed by atoms with Crippen LogP contribution in [-0.4, -0.2) is 49.1 Å². The highest BCUT2D eigenvalue weighted by molar-refractivity contribution is 7.92. The second-order valence-electron chi connectivity index (χ2n) is 15.5. The first-order valence-corrected chi connectivity index (χ1v) is 25.0. The van der Waals surface area contributed by atoms with Crippen LogP contribution in [0, 0.1) is 33.5 Å². The SMILES string of the molecule is O=C(Nc1ncc(F)s1)C(Oc1ccc(F)cc1F)(c1ccc(S(=O)(=O)C2CCCC2)cc1)C(Oc1ccc(F)cc1F)(C(=O)Nc1ncc(F)s1)c1ccc(S(=O)(=O)C2CCCC2)cc1. The van der Waals surface area contributed by atoms with Gasteiger partial charge in [-0.1, -0.05) is 72.6 Å². The Kier molecular flexibility index (Phi) is 13.0. The van der Waals surface area contributed by atoms with E-state index in [4.69, 9.17) is 9.47 Å². The van der Waals surface area contributed by atoms with Crippen LogP contribution in [0.2, 0.25) is 0 Å². The number of nitrogens with zero attached hydrogens (tertiary/aromatic N) is 2. The van der Waals surface area contributed by atoms with Gasteiger partial charge in [-0.15, -0.1) is 0 Å². The number of thiazole rings is 2. The van der Waals surface area contributed by atoms with Gasteiger partial charge in [0.05, 0.1) is 32.7 Å². The summed E-state index contributed by atoms with van der Waals surface area (Å²) in [6.45, 7) is 0. The first-order valence-electron chi connectivity index (χ1n) is 20.3. The Bertz CT molecular complexity index is 2810. The Morgan fingerprint density at radius 1 is 0.545 bits per heavy atom. The van der Waals surface area contributed by atoms with E-state index in [-0.39, 0.29) is 32.5 Å². The van der Waals surface area contributed by atoms with Crippen LogP contribution >= 0.6 is 22.7 Å². The number of ether oxygens (including phenoxy) is 2. The lowest BCUT2D eigenvalue weighted by Crippen LogP contribution is -2.68. The zero-order valence-corrected chi connectivity index (χ0v) is 37.4. The van der Waals surface area contributed by atoms with Crippen molar-refractivity contribution in [2.45, 2.75) is 82.9 Å². The molecule has 12 nitrogen and oxygen atoms in total. The summed E-state index contributed by atoms with van der Waals surface area (Å²) in [5, 5.41) is 0.218. The third-order valence-electron chi connectivity index (χ3n) is 11.5. The molecule has 2 aliphatic carbocycles. The molecule has 2 saturated carbocycles. The van der Waals surface area contributed by atoms with E-state index in [0.717, 1.165) is 85.2 Å². The number of sulfone groups is 2. The minimum absolute atomic E-state index is 0.261. The summed E-state index contributed by atoms with van der Waals surface area (Å²) in [7, 11) is -8.10. The van der Waals surface area contributed by atoms with Gasteiger partial charge in [0.15, 0.2) is 63.3 Å². The number of aromatic nitrogens is 2. The number of rotatable bonds is 15. The molecular formula is C44H36F6N4O8S4. The van der Waals surface area contributed by atoms with Gasteiger partial charge in [-0.25, -0.2) is 44.4 Å². The number of benzene rings is 4. The average molecular weight is 991 g/mol. The molecule has 2 aliphatic rings. The van der Waals surface area contributed by atoms with Crippen molar-refractivity contribution in [3.8, 4) is 11.5 Å². The van der Waals surface area contributed by atoms with Crippen molar-refractivity contribution >= 4 is 64.4 Å². The monoisotopic (exact) mass is 990 g/mol. The fraction of sp³-hybridized carbons (Fsp3) is 0.273. The minimum Gasteiger partial charge on any atom is -0.464 e. The van der Waals surface area contributed by atoms with Crippen LogP contribution in [0.15, 0.2) is 107 Å². The van der Waals surface area contributed by atoms with Gasteiger partial charge < -0.3 is 9.47 Å². The Balaban J connectivity index is 1.49. The van der Waals surface area contributed by atoms with Gasteiger partial charge in [-0.2, -0.15) is 8.78 Å². The van der Waals surface area contributed by atoms with E-state index in [1.165, 1.54) is 0 Å². The zero-order chi connectivity index (χ0) is 47.0. The maximum atomic E-state index is 16.2.